The van der Waals surface area contributed by atoms with Crippen LogP contribution in [-0.4, -0.2) is 52.1 Å². The fraction of sp³-hybridized carbons (Fsp3) is 0.476. The van der Waals surface area contributed by atoms with Crippen LogP contribution in [0.5, 0.6) is 0 Å². The van der Waals surface area contributed by atoms with Crippen molar-refractivity contribution >= 4 is 11.9 Å². The second kappa shape index (κ2) is 14.9. The van der Waals surface area contributed by atoms with Gasteiger partial charge in [-0.15, -0.1) is 0 Å². The molecule has 0 bridgehead atoms. The molecule has 3 heterocycles. The molecule has 55 heavy (non-hydrogen) atoms. The molecule has 2 aromatic heterocycles. The van der Waals surface area contributed by atoms with Crippen molar-refractivity contribution < 1.29 is 41.0 Å². The maximum absolute atomic E-state index is 17.3. The Bertz CT molecular complexity index is 2020. The van der Waals surface area contributed by atoms with Gasteiger partial charge in [0.25, 0.3) is 0 Å². The first-order valence-electron chi connectivity index (χ1n) is 18.7. The average molecular weight is 767 g/mol. The highest BCUT2D eigenvalue weighted by Crippen LogP contribution is 2.52. The van der Waals surface area contributed by atoms with Gasteiger partial charge in [0.15, 0.2) is 6.17 Å². The zero-order chi connectivity index (χ0) is 39.3. The van der Waals surface area contributed by atoms with Gasteiger partial charge in [-0.3, -0.25) is 4.98 Å². The van der Waals surface area contributed by atoms with E-state index in [4.69, 9.17) is 9.72 Å². The quantitative estimate of drug-likeness (QED) is 0.148. The van der Waals surface area contributed by atoms with Crippen LogP contribution in [0.4, 0.5) is 32.3 Å². The monoisotopic (exact) mass is 766 g/mol. The highest BCUT2D eigenvalue weighted by Gasteiger charge is 2.44. The number of fused-ring (bicyclic) bond motifs is 1. The number of anilines is 1. The summed E-state index contributed by atoms with van der Waals surface area (Å²) in [6.45, 7) is 5.04. The van der Waals surface area contributed by atoms with Crippen molar-refractivity contribution in [2.45, 2.75) is 101 Å². The zero-order valence-electron chi connectivity index (χ0n) is 31.0. The van der Waals surface area contributed by atoms with Crippen LogP contribution in [-0.2, 0) is 17.3 Å². The van der Waals surface area contributed by atoms with E-state index in [1.54, 1.807) is 30.6 Å². The lowest BCUT2D eigenvalue weighted by atomic mass is 9.68. The number of aliphatic hydroxyl groups excluding tert-OH is 1. The molecule has 7 rings (SSSR count). The Hall–Kier alpha value is -4.52. The number of rotatable bonds is 7. The highest BCUT2D eigenvalue weighted by atomic mass is 19.4. The Labute approximate surface area is 316 Å². The maximum Gasteiger partial charge on any atom is 0.416 e. The number of pyridine rings is 1. The van der Waals surface area contributed by atoms with Gasteiger partial charge >= 0.3 is 12.1 Å². The number of esters is 1. The van der Waals surface area contributed by atoms with Crippen LogP contribution in [0, 0.1) is 5.41 Å². The molecule has 292 valence electrons. The summed E-state index contributed by atoms with van der Waals surface area (Å²) in [4.78, 5) is 28.4. The van der Waals surface area contributed by atoms with E-state index in [1.165, 1.54) is 7.11 Å². The number of aliphatic hydroxyl groups is 1. The van der Waals surface area contributed by atoms with Gasteiger partial charge in [0, 0.05) is 66.6 Å². The minimum absolute atomic E-state index is 0.00654. The van der Waals surface area contributed by atoms with E-state index < -0.39 is 41.8 Å². The van der Waals surface area contributed by atoms with Crippen molar-refractivity contribution in [1.82, 2.24) is 15.0 Å². The number of hydrogen-bond acceptors (Lipinski definition) is 7. The molecule has 2 aromatic carbocycles. The fourth-order valence-corrected chi connectivity index (χ4v) is 8.65. The summed E-state index contributed by atoms with van der Waals surface area (Å²) in [6, 6.07) is 10.9. The molecule has 2 atom stereocenters. The summed E-state index contributed by atoms with van der Waals surface area (Å²) >= 11 is 0. The molecule has 0 spiro atoms. The van der Waals surface area contributed by atoms with Gasteiger partial charge in [-0.25, -0.2) is 27.9 Å². The van der Waals surface area contributed by atoms with Crippen LogP contribution < -0.4 is 4.90 Å². The summed E-state index contributed by atoms with van der Waals surface area (Å²) < 4.78 is 91.7. The Balaban J connectivity index is 1.24. The van der Waals surface area contributed by atoms with Crippen molar-refractivity contribution in [3.63, 3.8) is 0 Å². The lowest BCUT2D eigenvalue weighted by Gasteiger charge is -2.41. The lowest BCUT2D eigenvalue weighted by Crippen LogP contribution is -2.36. The number of alkyl halides is 6. The molecule has 0 radical (unpaired) electrons. The van der Waals surface area contributed by atoms with Crippen molar-refractivity contribution in [3.8, 4) is 11.1 Å². The number of hydrogen-bond donors (Lipinski definition) is 1. The molecule has 1 N–H and O–H groups in total. The first-order chi connectivity index (χ1) is 26.0. The van der Waals surface area contributed by atoms with Gasteiger partial charge in [-0.05, 0) is 90.8 Å². The van der Waals surface area contributed by atoms with Gasteiger partial charge in [0.1, 0.15) is 0 Å². The predicted octanol–water partition coefficient (Wildman–Crippen LogP) is 10.1. The normalized spacial score (nSPS) is 20.8. The SMILES string of the molecule is COC(=O)c1cccc(-c2cnc(N3CCC(c4nc5c(c(C6CCC(F)(F)CC6)c4C(F)c4ccc(C(F)(F)F)cc4)[C@@H](O)CC(C)(C)C5)CC3)nc2)c1. The number of halogens is 6. The standard InChI is InChI=1S/C42H44F6N4O3/c1-40(2)20-31-34(32(53)21-40)33(24-11-15-41(44,45)16-12-24)35(36(43)25-7-9-30(10-8-25)42(46,47)48)37(51-31)26-13-17-52(18-14-26)39-49-22-29(23-50-39)27-5-4-6-28(19-27)38(54)55-3/h4-10,19,22-24,26,32,36,53H,11-18,20-21H2,1-3H3/t32-,36?/m0/s1. The minimum Gasteiger partial charge on any atom is -0.465 e. The van der Waals surface area contributed by atoms with Gasteiger partial charge < -0.3 is 14.7 Å². The highest BCUT2D eigenvalue weighted by molar-refractivity contribution is 5.90. The Morgan fingerprint density at radius 1 is 0.927 bits per heavy atom. The molecular formula is C42H44F6N4O3. The molecule has 4 aromatic rings. The molecule has 1 saturated carbocycles. The number of carbonyl (C=O) groups is 1. The molecule has 1 unspecified atom stereocenters. The van der Waals surface area contributed by atoms with Crippen LogP contribution in [0.25, 0.3) is 11.1 Å². The number of carbonyl (C=O) groups excluding carboxylic acids is 1. The largest absolute Gasteiger partial charge is 0.465 e. The maximum atomic E-state index is 17.3. The summed E-state index contributed by atoms with van der Waals surface area (Å²) in [5.41, 5.74) is 2.93. The second-order valence-electron chi connectivity index (χ2n) is 16.0. The molecule has 0 amide bonds. The van der Waals surface area contributed by atoms with E-state index in [0.717, 1.165) is 29.8 Å². The lowest BCUT2D eigenvalue weighted by molar-refractivity contribution is -0.137. The van der Waals surface area contributed by atoms with E-state index in [2.05, 4.69) is 9.97 Å². The average Bonchev–Trinajstić information content (AvgIpc) is 3.16. The van der Waals surface area contributed by atoms with E-state index in [-0.39, 0.29) is 48.1 Å². The van der Waals surface area contributed by atoms with Crippen molar-refractivity contribution in [1.29, 1.82) is 0 Å². The summed E-state index contributed by atoms with van der Waals surface area (Å²) in [7, 11) is 1.32. The summed E-state index contributed by atoms with van der Waals surface area (Å²) in [6.07, 6.45) is -2.80. The topological polar surface area (TPSA) is 88.4 Å². The van der Waals surface area contributed by atoms with E-state index >= 15 is 4.39 Å². The molecule has 1 aliphatic heterocycles. The van der Waals surface area contributed by atoms with Crippen LogP contribution >= 0.6 is 0 Å². The van der Waals surface area contributed by atoms with Crippen LogP contribution in [0.1, 0.15) is 132 Å². The number of benzene rings is 2. The third-order valence-corrected chi connectivity index (χ3v) is 11.5. The molecule has 1 saturated heterocycles. The smallest absolute Gasteiger partial charge is 0.416 e. The second-order valence-corrected chi connectivity index (χ2v) is 16.0. The zero-order valence-corrected chi connectivity index (χ0v) is 31.0. The molecule has 2 aliphatic carbocycles. The Morgan fingerprint density at radius 2 is 1.58 bits per heavy atom. The Morgan fingerprint density at radius 3 is 2.20 bits per heavy atom. The van der Waals surface area contributed by atoms with Crippen molar-refractivity contribution in [2.24, 2.45) is 5.41 Å². The van der Waals surface area contributed by atoms with E-state index in [1.807, 2.05) is 24.8 Å². The molecule has 7 nitrogen and oxygen atoms in total. The molecule has 3 aliphatic rings. The first-order valence-corrected chi connectivity index (χ1v) is 18.7. The van der Waals surface area contributed by atoms with Crippen molar-refractivity contribution in [2.75, 3.05) is 25.1 Å². The van der Waals surface area contributed by atoms with E-state index in [9.17, 15) is 31.9 Å². The van der Waals surface area contributed by atoms with Gasteiger partial charge in [-0.2, -0.15) is 13.2 Å². The van der Waals surface area contributed by atoms with Gasteiger partial charge in [0.2, 0.25) is 11.9 Å². The number of piperidine rings is 1. The third kappa shape index (κ3) is 8.08. The molecular weight excluding hydrogens is 722 g/mol. The van der Waals surface area contributed by atoms with Gasteiger partial charge in [0.05, 0.1) is 30.0 Å². The van der Waals surface area contributed by atoms with Crippen molar-refractivity contribution in [3.05, 3.63) is 106 Å². The summed E-state index contributed by atoms with van der Waals surface area (Å²) in [5.74, 6) is -3.56. The number of aromatic nitrogens is 3. The van der Waals surface area contributed by atoms with Crippen LogP contribution in [0.2, 0.25) is 0 Å². The predicted molar refractivity (Wildman–Crippen MR) is 195 cm³/mol. The third-order valence-electron chi connectivity index (χ3n) is 11.5. The van der Waals surface area contributed by atoms with E-state index in [0.29, 0.717) is 78.4 Å². The molecule has 13 heteroatoms. The number of ether oxygens (including phenoxy) is 1. The van der Waals surface area contributed by atoms with Crippen LogP contribution in [0.15, 0.2) is 60.9 Å². The molecule has 2 fully saturated rings. The summed E-state index contributed by atoms with van der Waals surface area (Å²) in [5, 5.41) is 11.6. The fourth-order valence-electron chi connectivity index (χ4n) is 8.65. The first kappa shape index (κ1) is 38.7. The number of nitrogens with zero attached hydrogens (tertiary/aromatic N) is 4. The van der Waals surface area contributed by atoms with Gasteiger partial charge in [-0.1, -0.05) is 38.1 Å². The number of methoxy groups -OCH3 is 1. The Kier molecular flexibility index (Phi) is 10.5. The van der Waals surface area contributed by atoms with Crippen LogP contribution in [0.3, 0.4) is 0 Å². The minimum atomic E-state index is -4.61.